The highest BCUT2D eigenvalue weighted by Gasteiger charge is 2.23. The second-order valence-corrected chi connectivity index (χ2v) is 8.15. The van der Waals surface area contributed by atoms with Crippen molar-refractivity contribution in [2.45, 2.75) is 33.8 Å². The Morgan fingerprint density at radius 3 is 2.25 bits per heavy atom. The zero-order chi connectivity index (χ0) is 18.0. The van der Waals surface area contributed by atoms with Crippen molar-refractivity contribution >= 4 is 29.4 Å². The van der Waals surface area contributed by atoms with E-state index in [2.05, 4.69) is 15.9 Å². The molecule has 136 valence electrons. The maximum atomic E-state index is 12.4. The van der Waals surface area contributed by atoms with Gasteiger partial charge in [-0.15, -0.1) is 0 Å². The average Bonchev–Trinajstić information content (AvgIpc) is 2.52. The molecule has 1 amide bonds. The molecule has 24 heavy (non-hydrogen) atoms. The van der Waals surface area contributed by atoms with Gasteiger partial charge in [0.25, 0.3) is 0 Å². The zero-order valence-electron chi connectivity index (χ0n) is 14.4. The number of carbonyl (C=O) groups is 1. The summed E-state index contributed by atoms with van der Waals surface area (Å²) in [7, 11) is -3.09. The van der Waals surface area contributed by atoms with Crippen LogP contribution >= 0.6 is 23.5 Å². The molecule has 0 saturated heterocycles. The van der Waals surface area contributed by atoms with Gasteiger partial charge in [-0.3, -0.25) is 14.2 Å². The molecule has 0 radical (unpaired) electrons. The van der Waals surface area contributed by atoms with Gasteiger partial charge in [-0.25, -0.2) is 5.06 Å². The summed E-state index contributed by atoms with van der Waals surface area (Å²) in [6, 6.07) is 7.66. The maximum absolute atomic E-state index is 12.4. The summed E-state index contributed by atoms with van der Waals surface area (Å²) in [5.74, 6) is -0.199. The van der Waals surface area contributed by atoms with Gasteiger partial charge in [0, 0.05) is 17.9 Å². The lowest BCUT2D eigenvalue weighted by Crippen LogP contribution is -2.30. The Labute approximate surface area is 152 Å². The van der Waals surface area contributed by atoms with Crippen LogP contribution < -0.4 is 0 Å². The molecule has 1 aromatic rings. The quantitative estimate of drug-likeness (QED) is 0.391. The van der Waals surface area contributed by atoms with Crippen molar-refractivity contribution in [1.82, 2.24) is 5.06 Å². The standard InChI is InChI=1S/C16H25BrNO5P/c1-4-22-24(20,23-5-2)12-6-11-18(14(3)19)21-13-15-7-9-16(17)10-8-15/h7-10H,4-6,11-13H2,1-3H3. The van der Waals surface area contributed by atoms with E-state index in [1.165, 1.54) is 12.0 Å². The highest BCUT2D eigenvalue weighted by Crippen LogP contribution is 2.48. The molecule has 0 saturated carbocycles. The van der Waals surface area contributed by atoms with Crippen molar-refractivity contribution in [1.29, 1.82) is 0 Å². The highest BCUT2D eigenvalue weighted by molar-refractivity contribution is 9.10. The Bertz CT molecular complexity index is 542. The van der Waals surface area contributed by atoms with Crippen molar-refractivity contribution in [2.24, 2.45) is 0 Å². The SMILES string of the molecule is CCOP(=O)(CCCN(OCc1ccc(Br)cc1)C(C)=O)OCC. The molecule has 0 aliphatic carbocycles. The third-order valence-corrected chi connectivity index (χ3v) is 5.79. The third-order valence-electron chi connectivity index (χ3n) is 3.10. The summed E-state index contributed by atoms with van der Waals surface area (Å²) >= 11 is 3.37. The largest absolute Gasteiger partial charge is 0.330 e. The first-order valence-electron chi connectivity index (χ1n) is 7.93. The summed E-state index contributed by atoms with van der Waals surface area (Å²) < 4.78 is 23.8. The molecule has 0 heterocycles. The summed E-state index contributed by atoms with van der Waals surface area (Å²) in [6.45, 7) is 6.26. The lowest BCUT2D eigenvalue weighted by atomic mass is 10.2. The number of hydrogen-bond acceptors (Lipinski definition) is 5. The van der Waals surface area contributed by atoms with Crippen LogP contribution in [0.25, 0.3) is 0 Å². The molecule has 0 atom stereocenters. The number of amides is 1. The second kappa shape index (κ2) is 11.0. The number of hydroxylamine groups is 2. The Morgan fingerprint density at radius 2 is 1.75 bits per heavy atom. The van der Waals surface area contributed by atoms with E-state index in [9.17, 15) is 9.36 Å². The van der Waals surface area contributed by atoms with Gasteiger partial charge in [0.2, 0.25) is 5.91 Å². The normalized spacial score (nSPS) is 11.5. The van der Waals surface area contributed by atoms with Gasteiger partial charge >= 0.3 is 7.60 Å². The molecule has 0 aromatic heterocycles. The van der Waals surface area contributed by atoms with Crippen LogP contribution in [0.15, 0.2) is 28.7 Å². The first kappa shape index (κ1) is 21.3. The molecular formula is C16H25BrNO5P. The van der Waals surface area contributed by atoms with Crippen molar-refractivity contribution in [3.8, 4) is 0 Å². The van der Waals surface area contributed by atoms with E-state index in [0.717, 1.165) is 10.0 Å². The lowest BCUT2D eigenvalue weighted by Gasteiger charge is -2.22. The van der Waals surface area contributed by atoms with Gasteiger partial charge < -0.3 is 9.05 Å². The fourth-order valence-corrected chi connectivity index (χ4v) is 3.93. The Balaban J connectivity index is 2.49. The molecule has 0 spiro atoms. The predicted octanol–water partition coefficient (Wildman–Crippen LogP) is 4.39. The highest BCUT2D eigenvalue weighted by atomic mass is 79.9. The smallest absolute Gasteiger partial charge is 0.309 e. The second-order valence-electron chi connectivity index (χ2n) is 5.04. The number of carbonyl (C=O) groups excluding carboxylic acids is 1. The molecule has 0 aliphatic heterocycles. The fraction of sp³-hybridized carbons (Fsp3) is 0.562. The lowest BCUT2D eigenvalue weighted by molar-refractivity contribution is -0.189. The van der Waals surface area contributed by atoms with Crippen LogP contribution in [-0.4, -0.2) is 36.9 Å². The van der Waals surface area contributed by atoms with Gasteiger partial charge in [0.1, 0.15) is 6.61 Å². The van der Waals surface area contributed by atoms with E-state index in [4.69, 9.17) is 13.9 Å². The van der Waals surface area contributed by atoms with Crippen molar-refractivity contribution < 1.29 is 23.2 Å². The van der Waals surface area contributed by atoms with Crippen LogP contribution in [0.3, 0.4) is 0 Å². The Kier molecular flexibility index (Phi) is 9.78. The van der Waals surface area contributed by atoms with E-state index in [-0.39, 0.29) is 12.1 Å². The molecule has 0 aliphatic rings. The minimum absolute atomic E-state index is 0.199. The maximum Gasteiger partial charge on any atom is 0.330 e. The zero-order valence-corrected chi connectivity index (χ0v) is 16.8. The Morgan fingerprint density at radius 1 is 1.17 bits per heavy atom. The predicted molar refractivity (Wildman–Crippen MR) is 96.7 cm³/mol. The molecule has 8 heteroatoms. The summed E-state index contributed by atoms with van der Waals surface area (Å²) in [4.78, 5) is 17.2. The van der Waals surface area contributed by atoms with Crippen molar-refractivity contribution in [2.75, 3.05) is 25.9 Å². The minimum atomic E-state index is -3.09. The molecule has 1 rings (SSSR count). The van der Waals surface area contributed by atoms with E-state index in [0.29, 0.717) is 32.8 Å². The average molecular weight is 422 g/mol. The number of nitrogens with zero attached hydrogens (tertiary/aromatic N) is 1. The van der Waals surface area contributed by atoms with Crippen LogP contribution in [0.2, 0.25) is 0 Å². The van der Waals surface area contributed by atoms with Gasteiger partial charge in [0.05, 0.1) is 19.4 Å². The van der Waals surface area contributed by atoms with Crippen LogP contribution in [0.4, 0.5) is 0 Å². The van der Waals surface area contributed by atoms with Gasteiger partial charge in [-0.2, -0.15) is 0 Å². The van der Waals surface area contributed by atoms with Crippen LogP contribution in [0.5, 0.6) is 0 Å². The number of benzene rings is 1. The molecule has 6 nitrogen and oxygen atoms in total. The molecule has 0 bridgehead atoms. The minimum Gasteiger partial charge on any atom is -0.309 e. The number of halogens is 1. The summed E-state index contributed by atoms with van der Waals surface area (Å²) in [5.41, 5.74) is 0.957. The third kappa shape index (κ3) is 7.90. The van der Waals surface area contributed by atoms with Crippen molar-refractivity contribution in [3.63, 3.8) is 0 Å². The van der Waals surface area contributed by atoms with E-state index in [1.807, 2.05) is 24.3 Å². The summed E-state index contributed by atoms with van der Waals surface area (Å²) in [6.07, 6.45) is 0.720. The summed E-state index contributed by atoms with van der Waals surface area (Å²) in [5, 5.41) is 1.28. The first-order chi connectivity index (χ1) is 11.4. The van der Waals surface area contributed by atoms with E-state index in [1.54, 1.807) is 13.8 Å². The topological polar surface area (TPSA) is 65.1 Å². The van der Waals surface area contributed by atoms with E-state index < -0.39 is 7.60 Å². The van der Waals surface area contributed by atoms with Gasteiger partial charge in [0.15, 0.2) is 0 Å². The van der Waals surface area contributed by atoms with Crippen LogP contribution in [0, 0.1) is 0 Å². The molecule has 0 N–H and O–H groups in total. The monoisotopic (exact) mass is 421 g/mol. The number of hydrogen-bond donors (Lipinski definition) is 0. The number of rotatable bonds is 11. The van der Waals surface area contributed by atoms with Crippen molar-refractivity contribution in [3.05, 3.63) is 34.3 Å². The fourth-order valence-electron chi connectivity index (χ4n) is 2.01. The molecular weight excluding hydrogens is 397 g/mol. The van der Waals surface area contributed by atoms with Crippen LogP contribution in [-0.2, 0) is 29.9 Å². The molecule has 1 aromatic carbocycles. The molecule has 0 unspecified atom stereocenters. The van der Waals surface area contributed by atoms with Gasteiger partial charge in [-0.1, -0.05) is 28.1 Å². The van der Waals surface area contributed by atoms with E-state index >= 15 is 0 Å². The van der Waals surface area contributed by atoms with Crippen LogP contribution in [0.1, 0.15) is 32.8 Å². The first-order valence-corrected chi connectivity index (χ1v) is 10.5. The Hall–Kier alpha value is -0.720. The van der Waals surface area contributed by atoms with Gasteiger partial charge in [-0.05, 0) is 38.0 Å². The molecule has 0 fully saturated rings.